The largest absolute Gasteiger partial charge is 0.480 e. The average molecular weight is 1400 g/mol. The normalized spacial score (nSPS) is 14.8. The summed E-state index contributed by atoms with van der Waals surface area (Å²) in [5.74, 6) is -11.4. The summed E-state index contributed by atoms with van der Waals surface area (Å²) in [6.07, 6.45) is -0.335. The first-order valence-electron chi connectivity index (χ1n) is 31.0. The van der Waals surface area contributed by atoms with Gasteiger partial charge in [-0.25, -0.2) is 0 Å². The summed E-state index contributed by atoms with van der Waals surface area (Å²) >= 11 is 13.0. The smallest absolute Gasteiger partial charge is 0.325 e. The Kier molecular flexibility index (Phi) is 29.3. The third kappa shape index (κ3) is 22.7. The van der Waals surface area contributed by atoms with Gasteiger partial charge in [0.05, 0.1) is 0 Å². The summed E-state index contributed by atoms with van der Waals surface area (Å²) in [4.78, 5) is 176. The first kappa shape index (κ1) is 79.7. The molecule has 520 valence electrons. The van der Waals surface area contributed by atoms with Crippen molar-refractivity contribution in [1.29, 1.82) is 0 Å². The van der Waals surface area contributed by atoms with Crippen LogP contribution in [-0.2, 0) is 85.9 Å². The molecule has 0 saturated carbocycles. The van der Waals surface area contributed by atoms with E-state index in [2.05, 4.69) is 63.8 Å². The van der Waals surface area contributed by atoms with E-state index >= 15 is 0 Å². The first-order chi connectivity index (χ1) is 44.7. The summed E-state index contributed by atoms with van der Waals surface area (Å²) < 4.78 is 0. The van der Waals surface area contributed by atoms with E-state index in [1.165, 1.54) is 83.1 Å². The maximum atomic E-state index is 14.7. The van der Waals surface area contributed by atoms with E-state index in [0.717, 1.165) is 0 Å². The summed E-state index contributed by atoms with van der Waals surface area (Å²) in [6.45, 7) is 19.4. The molecule has 4 rings (SSSR count). The molecular formula is C66H90N12O14P2S2. The number of nitrogens with one attached hydrogen (secondary N) is 12. The molecule has 30 heteroatoms. The highest BCUT2D eigenvalue weighted by Crippen LogP contribution is 2.45. The summed E-state index contributed by atoms with van der Waals surface area (Å²) in [6, 6.07) is 16.7. The molecule has 0 aliphatic carbocycles. The van der Waals surface area contributed by atoms with Crippen LogP contribution < -0.4 is 85.0 Å². The van der Waals surface area contributed by atoms with Crippen molar-refractivity contribution in [1.82, 2.24) is 63.8 Å². The molecule has 0 aliphatic heterocycles. The second-order valence-electron chi connectivity index (χ2n) is 24.8. The van der Waals surface area contributed by atoms with E-state index in [9.17, 15) is 67.4 Å². The molecule has 0 unspecified atom stereocenters. The van der Waals surface area contributed by atoms with Crippen molar-refractivity contribution in [3.63, 3.8) is 0 Å². The second kappa shape index (κ2) is 35.3. The molecule has 4 aromatic rings. The number of aliphatic carboxylic acids is 1. The van der Waals surface area contributed by atoms with Crippen LogP contribution in [0.2, 0.25) is 0 Å². The van der Waals surface area contributed by atoms with Gasteiger partial charge in [-0.05, 0) is 103 Å². The fourth-order valence-electron chi connectivity index (χ4n) is 9.43. The average Bonchev–Trinajstić information content (AvgIpc) is 0.817. The fraction of sp³-hybridized carbons (Fsp3) is 0.439. The zero-order valence-corrected chi connectivity index (χ0v) is 59.7. The van der Waals surface area contributed by atoms with Crippen LogP contribution in [0.15, 0.2) is 121 Å². The van der Waals surface area contributed by atoms with Gasteiger partial charge in [-0.15, -0.1) is 0 Å². The minimum atomic E-state index is -3.03. The van der Waals surface area contributed by atoms with E-state index in [0.29, 0.717) is 21.2 Å². The van der Waals surface area contributed by atoms with E-state index < -0.39 is 166 Å². The molecule has 0 aliphatic rings. The number of rotatable bonds is 33. The summed E-state index contributed by atoms with van der Waals surface area (Å²) in [7, 11) is 0. The molecule has 0 aromatic heterocycles. The molecule has 4 aromatic carbocycles. The topological polar surface area (TPSA) is 386 Å². The van der Waals surface area contributed by atoms with Gasteiger partial charge >= 0.3 is 5.97 Å². The minimum Gasteiger partial charge on any atom is -0.480 e. The Labute approximate surface area is 570 Å². The van der Waals surface area contributed by atoms with Crippen LogP contribution in [0.1, 0.15) is 96.9 Å². The Bertz CT molecular complexity index is 3500. The molecule has 0 bridgehead atoms. The van der Waals surface area contributed by atoms with Gasteiger partial charge in [0.1, 0.15) is 71.5 Å². The van der Waals surface area contributed by atoms with Crippen molar-refractivity contribution in [3.05, 3.63) is 121 Å². The molecule has 0 radical (unpaired) electrons. The van der Waals surface area contributed by atoms with Gasteiger partial charge < -0.3 is 68.9 Å². The monoisotopic (exact) mass is 1400 g/mol. The van der Waals surface area contributed by atoms with Crippen LogP contribution in [0, 0.1) is 5.92 Å². The van der Waals surface area contributed by atoms with Crippen molar-refractivity contribution in [2.75, 3.05) is 12.3 Å². The van der Waals surface area contributed by atoms with Gasteiger partial charge in [0, 0.05) is 31.3 Å². The fourth-order valence-corrected chi connectivity index (χ4v) is 17.4. The SMILES string of the molecule is CC(=O)N[C@@H](C)C(=O)NC(C)(C)C(=O)N[C@@H](C)C(=O)N[C@@H](CP(=S)(c1ccccc1)c1ccccc1)C(=O)N[C@@H](C)C(=O)N[C@@H](C)C(=O)N[C@H](C(=O)N[C@@H](CP(=S)(c1ccccc1)c1ccccc1)C(=O)N[C@@H](C)C(=O)N[C@@H](C)C(=O)NC(C)(C)C(=O)N[C@@H](C)C(=O)O)C(C)C. The standard InChI is InChI=1S/C66H90N12O14P2S2/c1-37(2)52(61(88)75-51(36-94(96,48-31-23-17-24-32-48)49-33-25-18-26-34-49)60(87)71-39(4)54(81)69-43(8)58(85)78-66(13,14)64(92)73-44(9)62(89)90)76-56(83)40(5)68-53(80)38(3)70-59(86)50(35-93(95,46-27-19-15-20-28-46)47-29-21-16-22-30-47)74-55(82)41(6)72-63(91)65(11,12)77-57(84)42(7)67-45(10)79/h15-34,37-44,50-52H,35-36H2,1-14H3,(H,67,79)(H,68,80)(H,69,81)(H,70,86)(H,71,87)(H,72,91)(H,73,92)(H,74,82)(H,75,88)(H,76,83)(H,77,84)(H,78,85)(H,89,90)/t38-,39-,40-,41-,42-,43-,44-,50-,51-,52-/m0/s1. The van der Waals surface area contributed by atoms with Crippen LogP contribution in [0.3, 0.4) is 0 Å². The third-order valence-electron chi connectivity index (χ3n) is 15.4. The molecule has 26 nitrogen and oxygen atoms in total. The van der Waals surface area contributed by atoms with Gasteiger partial charge in [-0.2, -0.15) is 0 Å². The highest BCUT2D eigenvalue weighted by molar-refractivity contribution is 8.22. The van der Waals surface area contributed by atoms with E-state index in [-0.39, 0.29) is 12.3 Å². The van der Waals surface area contributed by atoms with E-state index in [1.54, 1.807) is 86.6 Å². The number of carbonyl (C=O) groups is 13. The molecule has 0 spiro atoms. The Balaban J connectivity index is 1.58. The predicted molar refractivity (Wildman–Crippen MR) is 374 cm³/mol. The Morgan fingerprint density at radius 2 is 0.615 bits per heavy atom. The van der Waals surface area contributed by atoms with Gasteiger partial charge in [0.2, 0.25) is 70.9 Å². The van der Waals surface area contributed by atoms with Crippen LogP contribution in [-0.4, -0.2) is 166 Å². The Hall–Kier alpha value is -8.71. The van der Waals surface area contributed by atoms with Crippen molar-refractivity contribution < 1.29 is 67.4 Å². The Morgan fingerprint density at radius 3 is 0.927 bits per heavy atom. The molecular weight excluding hydrogens is 1310 g/mol. The maximum Gasteiger partial charge on any atom is 0.325 e. The molecule has 12 amide bonds. The van der Waals surface area contributed by atoms with Crippen molar-refractivity contribution in [3.8, 4) is 0 Å². The number of hydrogen-bond donors (Lipinski definition) is 13. The predicted octanol–water partition coefficient (Wildman–Crippen LogP) is -0.215. The number of carbonyl (C=O) groups excluding carboxylic acids is 12. The van der Waals surface area contributed by atoms with Gasteiger partial charge in [-0.3, -0.25) is 62.3 Å². The molecule has 96 heavy (non-hydrogen) atoms. The van der Waals surface area contributed by atoms with Crippen molar-refractivity contribution in [2.45, 2.75) is 168 Å². The minimum absolute atomic E-state index is 0.157. The molecule has 10 atom stereocenters. The molecule has 0 heterocycles. The number of carboxylic acid groups (broad SMARTS) is 1. The molecule has 0 fully saturated rings. The van der Waals surface area contributed by atoms with Crippen LogP contribution in [0.25, 0.3) is 0 Å². The maximum absolute atomic E-state index is 14.7. The van der Waals surface area contributed by atoms with Gasteiger partial charge in [0.15, 0.2) is 0 Å². The number of amides is 12. The van der Waals surface area contributed by atoms with Crippen LogP contribution >= 0.6 is 12.1 Å². The van der Waals surface area contributed by atoms with Gasteiger partial charge in [-0.1, -0.05) is 159 Å². The lowest BCUT2D eigenvalue weighted by Gasteiger charge is -2.31. The van der Waals surface area contributed by atoms with Crippen molar-refractivity contribution >= 4 is 134 Å². The molecule has 0 saturated heterocycles. The highest BCUT2D eigenvalue weighted by atomic mass is 32.4. The van der Waals surface area contributed by atoms with Gasteiger partial charge in [0.25, 0.3) is 0 Å². The zero-order chi connectivity index (χ0) is 72.2. The zero-order valence-electron chi connectivity index (χ0n) is 56.3. The van der Waals surface area contributed by atoms with Crippen LogP contribution in [0.4, 0.5) is 0 Å². The number of hydrogen-bond acceptors (Lipinski definition) is 15. The quantitative estimate of drug-likeness (QED) is 0.0274. The van der Waals surface area contributed by atoms with Crippen LogP contribution in [0.5, 0.6) is 0 Å². The lowest BCUT2D eigenvalue weighted by Crippen LogP contribution is -2.62. The third-order valence-corrected chi connectivity index (χ3v) is 25.1. The lowest BCUT2D eigenvalue weighted by atomic mass is 10.0. The number of benzene rings is 4. The summed E-state index contributed by atoms with van der Waals surface area (Å²) in [5, 5.41) is 42.9. The van der Waals surface area contributed by atoms with E-state index in [4.69, 9.17) is 23.6 Å². The number of carboxylic acids is 1. The van der Waals surface area contributed by atoms with E-state index in [1.807, 2.05) is 48.5 Å². The Morgan fingerprint density at radius 1 is 0.354 bits per heavy atom. The highest BCUT2D eigenvalue weighted by Gasteiger charge is 2.40. The first-order valence-corrected chi connectivity index (χ1v) is 37.0. The summed E-state index contributed by atoms with van der Waals surface area (Å²) in [5.41, 5.74) is -3.21. The molecule has 13 N–H and O–H groups in total. The second-order valence-corrected chi connectivity index (χ2v) is 34.3. The lowest BCUT2D eigenvalue weighted by molar-refractivity contribution is -0.142. The van der Waals surface area contributed by atoms with Crippen molar-refractivity contribution in [2.24, 2.45) is 5.92 Å².